The van der Waals surface area contributed by atoms with Crippen LogP contribution in [0.3, 0.4) is 0 Å². The van der Waals surface area contributed by atoms with E-state index >= 15 is 0 Å². The van der Waals surface area contributed by atoms with E-state index in [1.807, 2.05) is 0 Å². The van der Waals surface area contributed by atoms with Crippen LogP contribution in [-0.4, -0.2) is 57.0 Å². The first kappa shape index (κ1) is 14.1. The molecular formula is C12H15FN4O4. The Morgan fingerprint density at radius 2 is 2.33 bits per heavy atom. The van der Waals surface area contributed by atoms with Crippen LogP contribution in [0, 0.1) is 0 Å². The van der Waals surface area contributed by atoms with Crippen LogP contribution in [0.15, 0.2) is 9.79 Å². The molecule has 3 rings (SSSR count). The molecule has 114 valence electrons. The van der Waals surface area contributed by atoms with Crippen molar-refractivity contribution in [3.8, 4) is 0 Å². The standard InChI is InChI=1S/C12H15FN4O4/c1-12(13)8(19)5(3-18)21-9(12)4-2-15-7-6(4)16-11(14)17-10(7)20/h2,4-5,8-9,18-19H,3H2,1H3,(H3,14,16,17,20)/t4?,5-,8-,9+,12-/m1/s1. The van der Waals surface area contributed by atoms with Crippen molar-refractivity contribution in [3.05, 3.63) is 16.0 Å². The molecule has 0 bridgehead atoms. The second-order valence-corrected chi connectivity index (χ2v) is 5.36. The molecule has 5 N–H and O–H groups in total. The van der Waals surface area contributed by atoms with Crippen molar-refractivity contribution in [2.24, 2.45) is 4.99 Å². The molecule has 21 heavy (non-hydrogen) atoms. The highest BCUT2D eigenvalue weighted by molar-refractivity contribution is 5.80. The summed E-state index contributed by atoms with van der Waals surface area (Å²) in [5.41, 5.74) is 3.11. The lowest BCUT2D eigenvalue weighted by Crippen LogP contribution is -2.44. The van der Waals surface area contributed by atoms with Gasteiger partial charge < -0.3 is 20.7 Å². The largest absolute Gasteiger partial charge is 0.394 e. The number of aliphatic hydroxyl groups excluding tert-OH is 2. The lowest BCUT2D eigenvalue weighted by molar-refractivity contribution is -0.0241. The normalized spacial score (nSPS) is 37.9. The lowest BCUT2D eigenvalue weighted by atomic mass is 9.86. The number of aromatic nitrogens is 2. The highest BCUT2D eigenvalue weighted by Crippen LogP contribution is 2.43. The Hall–Kier alpha value is -1.84. The van der Waals surface area contributed by atoms with E-state index < -0.39 is 42.1 Å². The molecule has 0 amide bonds. The van der Waals surface area contributed by atoms with Gasteiger partial charge in [-0.05, 0) is 6.92 Å². The average molecular weight is 298 g/mol. The van der Waals surface area contributed by atoms with Crippen LogP contribution in [0.5, 0.6) is 0 Å². The molecule has 0 radical (unpaired) electrons. The monoisotopic (exact) mass is 298 g/mol. The Labute approximate surface area is 118 Å². The van der Waals surface area contributed by atoms with Gasteiger partial charge in [0, 0.05) is 6.21 Å². The molecule has 2 aliphatic heterocycles. The molecule has 8 nitrogen and oxygen atoms in total. The fourth-order valence-corrected chi connectivity index (χ4v) is 2.81. The molecule has 0 aliphatic carbocycles. The topological polar surface area (TPSA) is 134 Å². The fraction of sp³-hybridized carbons (Fsp3) is 0.583. The molecule has 0 aromatic carbocycles. The van der Waals surface area contributed by atoms with Gasteiger partial charge in [-0.3, -0.25) is 14.8 Å². The summed E-state index contributed by atoms with van der Waals surface area (Å²) in [4.78, 5) is 21.9. The summed E-state index contributed by atoms with van der Waals surface area (Å²) >= 11 is 0. The third-order valence-corrected chi connectivity index (χ3v) is 3.93. The number of hydrogen-bond donors (Lipinski definition) is 4. The van der Waals surface area contributed by atoms with Crippen molar-refractivity contribution in [1.29, 1.82) is 0 Å². The second-order valence-electron chi connectivity index (χ2n) is 5.36. The Morgan fingerprint density at radius 1 is 1.62 bits per heavy atom. The number of halogens is 1. The number of aliphatic imine (C=N–C) groups is 1. The number of H-pyrrole nitrogens is 1. The number of aromatic amines is 1. The van der Waals surface area contributed by atoms with Crippen molar-refractivity contribution < 1.29 is 19.3 Å². The number of alkyl halides is 1. The molecule has 1 aromatic heterocycles. The van der Waals surface area contributed by atoms with Crippen molar-refractivity contribution in [1.82, 2.24) is 9.97 Å². The molecule has 1 unspecified atom stereocenters. The minimum atomic E-state index is -2.12. The van der Waals surface area contributed by atoms with E-state index in [0.717, 1.165) is 0 Å². The highest BCUT2D eigenvalue weighted by Gasteiger charge is 2.57. The van der Waals surface area contributed by atoms with E-state index in [2.05, 4.69) is 15.0 Å². The van der Waals surface area contributed by atoms with E-state index in [-0.39, 0.29) is 17.3 Å². The van der Waals surface area contributed by atoms with E-state index in [4.69, 9.17) is 15.6 Å². The van der Waals surface area contributed by atoms with Crippen molar-refractivity contribution in [2.45, 2.75) is 36.8 Å². The first-order valence-electron chi connectivity index (χ1n) is 6.43. The third-order valence-electron chi connectivity index (χ3n) is 3.93. The summed E-state index contributed by atoms with van der Waals surface area (Å²) in [6, 6.07) is 0. The average Bonchev–Trinajstić information content (AvgIpc) is 2.91. The molecule has 1 aromatic rings. The molecule has 9 heteroatoms. The first-order chi connectivity index (χ1) is 9.86. The summed E-state index contributed by atoms with van der Waals surface area (Å²) in [5.74, 6) is -0.863. The Morgan fingerprint density at radius 3 is 2.95 bits per heavy atom. The van der Waals surface area contributed by atoms with E-state index in [1.54, 1.807) is 0 Å². The second kappa shape index (κ2) is 4.58. The predicted molar refractivity (Wildman–Crippen MR) is 71.4 cm³/mol. The lowest BCUT2D eigenvalue weighted by Gasteiger charge is -2.26. The number of hydrogen-bond acceptors (Lipinski definition) is 7. The van der Waals surface area contributed by atoms with E-state index in [1.165, 1.54) is 13.1 Å². The van der Waals surface area contributed by atoms with Gasteiger partial charge in [0.1, 0.15) is 18.3 Å². The van der Waals surface area contributed by atoms with Crippen molar-refractivity contribution in [2.75, 3.05) is 12.3 Å². The number of nitrogens with zero attached hydrogens (tertiary/aromatic N) is 2. The number of fused-ring (bicyclic) bond motifs is 1. The Bertz CT molecular complexity index is 659. The molecule has 5 atom stereocenters. The maximum absolute atomic E-state index is 14.8. The molecule has 0 spiro atoms. The van der Waals surface area contributed by atoms with Crippen LogP contribution < -0.4 is 11.3 Å². The summed E-state index contributed by atoms with van der Waals surface area (Å²) in [7, 11) is 0. The van der Waals surface area contributed by atoms with E-state index in [0.29, 0.717) is 0 Å². The molecule has 3 heterocycles. The maximum Gasteiger partial charge on any atom is 0.278 e. The van der Waals surface area contributed by atoms with Crippen molar-refractivity contribution >= 4 is 17.9 Å². The number of ether oxygens (including phenoxy) is 1. The Kier molecular flexibility index (Phi) is 3.08. The Balaban J connectivity index is 2.02. The van der Waals surface area contributed by atoms with Gasteiger partial charge in [-0.25, -0.2) is 9.37 Å². The summed E-state index contributed by atoms with van der Waals surface area (Å²) in [6.45, 7) is 0.666. The quantitative estimate of drug-likeness (QED) is 0.553. The number of nitrogens with two attached hydrogens (primary N) is 1. The summed E-state index contributed by atoms with van der Waals surface area (Å²) in [6.07, 6.45) is -2.30. The van der Waals surface area contributed by atoms with E-state index in [9.17, 15) is 14.3 Å². The number of aliphatic hydroxyl groups is 2. The van der Waals surface area contributed by atoms with Gasteiger partial charge in [0.25, 0.3) is 5.56 Å². The summed E-state index contributed by atoms with van der Waals surface area (Å²) < 4.78 is 20.2. The molecular weight excluding hydrogens is 283 g/mol. The van der Waals surface area contributed by atoms with Crippen molar-refractivity contribution in [3.63, 3.8) is 0 Å². The van der Waals surface area contributed by atoms with Gasteiger partial charge in [0.2, 0.25) is 5.95 Å². The number of rotatable bonds is 2. The van der Waals surface area contributed by atoms with Gasteiger partial charge in [0.15, 0.2) is 11.4 Å². The zero-order chi connectivity index (χ0) is 15.4. The number of nitrogens with one attached hydrogen (secondary N) is 1. The molecule has 1 fully saturated rings. The molecule has 1 saturated heterocycles. The first-order valence-corrected chi connectivity index (χ1v) is 6.43. The van der Waals surface area contributed by atoms with Gasteiger partial charge in [-0.2, -0.15) is 0 Å². The number of nitrogen functional groups attached to an aromatic ring is 1. The maximum atomic E-state index is 14.8. The minimum Gasteiger partial charge on any atom is -0.394 e. The smallest absolute Gasteiger partial charge is 0.278 e. The number of anilines is 1. The minimum absolute atomic E-state index is 0.0514. The molecule has 2 aliphatic rings. The van der Waals surface area contributed by atoms with Crippen LogP contribution in [0.4, 0.5) is 16.0 Å². The van der Waals surface area contributed by atoms with Gasteiger partial charge in [-0.15, -0.1) is 0 Å². The summed E-state index contributed by atoms with van der Waals surface area (Å²) in [5, 5.41) is 19.0. The van der Waals surface area contributed by atoms with Gasteiger partial charge in [0.05, 0.1) is 18.2 Å². The third kappa shape index (κ3) is 1.96. The fourth-order valence-electron chi connectivity index (χ4n) is 2.81. The van der Waals surface area contributed by atoms with Crippen LogP contribution in [0.1, 0.15) is 18.5 Å². The van der Waals surface area contributed by atoms with Crippen LogP contribution in [0.2, 0.25) is 0 Å². The SMILES string of the molecule is C[C@@]1(F)[C@H](O)[C@@H](CO)O[C@H]1C1C=Nc2c1nc(N)[nH]c2=O. The van der Waals surface area contributed by atoms with Crippen LogP contribution >= 0.6 is 0 Å². The van der Waals surface area contributed by atoms with Crippen LogP contribution in [0.25, 0.3) is 0 Å². The molecule has 0 saturated carbocycles. The zero-order valence-corrected chi connectivity index (χ0v) is 11.2. The predicted octanol–water partition coefficient (Wildman–Crippen LogP) is -1.000. The van der Waals surface area contributed by atoms with Crippen LogP contribution in [-0.2, 0) is 4.74 Å². The highest BCUT2D eigenvalue weighted by atomic mass is 19.1. The zero-order valence-electron chi connectivity index (χ0n) is 11.2. The van der Waals surface area contributed by atoms with Gasteiger partial charge in [-0.1, -0.05) is 0 Å². The van der Waals surface area contributed by atoms with Gasteiger partial charge >= 0.3 is 0 Å².